The molecule has 0 aliphatic carbocycles. The summed E-state index contributed by atoms with van der Waals surface area (Å²) < 4.78 is 11.1. The number of unbranched alkanes of at least 4 members (excludes halogenated alkanes) is 22. The lowest BCUT2D eigenvalue weighted by Crippen LogP contribution is -2.27. The van der Waals surface area contributed by atoms with E-state index < -0.39 is 6.10 Å². The second-order valence-electron chi connectivity index (χ2n) is 13.0. The molecule has 0 fully saturated rings. The average molecular weight is 633 g/mol. The van der Waals surface area contributed by atoms with Gasteiger partial charge < -0.3 is 14.6 Å². The van der Waals surface area contributed by atoms with E-state index in [2.05, 4.69) is 50.3 Å². The minimum atomic E-state index is -0.541. The molecule has 45 heavy (non-hydrogen) atoms. The second kappa shape index (κ2) is 38.8. The maximum atomic E-state index is 12.1. The third kappa shape index (κ3) is 36.9. The van der Waals surface area contributed by atoms with E-state index in [0.29, 0.717) is 13.0 Å². The largest absolute Gasteiger partial charge is 0.457 e. The maximum Gasteiger partial charge on any atom is 0.306 e. The summed E-state index contributed by atoms with van der Waals surface area (Å²) in [4.78, 5) is 12.1. The van der Waals surface area contributed by atoms with E-state index in [1.165, 1.54) is 135 Å². The first kappa shape index (κ1) is 43.6. The Morgan fingerprint density at radius 2 is 0.933 bits per heavy atom. The molecular formula is C41H76O4. The van der Waals surface area contributed by atoms with Gasteiger partial charge in [0, 0.05) is 13.0 Å². The van der Waals surface area contributed by atoms with Gasteiger partial charge in [0.2, 0.25) is 0 Å². The number of hydrogen-bond acceptors (Lipinski definition) is 4. The van der Waals surface area contributed by atoms with Crippen molar-refractivity contribution in [2.75, 3.05) is 19.8 Å². The third-order valence-electron chi connectivity index (χ3n) is 8.44. The van der Waals surface area contributed by atoms with Crippen LogP contribution >= 0.6 is 0 Å². The van der Waals surface area contributed by atoms with Crippen LogP contribution in [-0.2, 0) is 14.3 Å². The lowest BCUT2D eigenvalue weighted by atomic mass is 10.1. The summed E-state index contributed by atoms with van der Waals surface area (Å²) in [6.45, 7) is 5.30. The number of aliphatic hydroxyl groups is 1. The van der Waals surface area contributed by atoms with Crippen LogP contribution in [0.25, 0.3) is 0 Å². The number of ether oxygens (including phenoxy) is 2. The molecule has 0 heterocycles. The Balaban J connectivity index is 3.45. The number of carbonyl (C=O) groups is 1. The zero-order valence-corrected chi connectivity index (χ0v) is 30.1. The van der Waals surface area contributed by atoms with Crippen LogP contribution in [0.1, 0.15) is 194 Å². The number of rotatable bonds is 36. The first-order valence-electron chi connectivity index (χ1n) is 19.6. The van der Waals surface area contributed by atoms with Crippen LogP contribution in [0.3, 0.4) is 0 Å². The third-order valence-corrected chi connectivity index (χ3v) is 8.44. The van der Waals surface area contributed by atoms with Crippen LogP contribution in [0, 0.1) is 0 Å². The fourth-order valence-electron chi connectivity index (χ4n) is 5.47. The lowest BCUT2D eigenvalue weighted by Gasteiger charge is -2.15. The number of hydrogen-bond donors (Lipinski definition) is 1. The van der Waals surface area contributed by atoms with Crippen molar-refractivity contribution in [1.29, 1.82) is 0 Å². The highest BCUT2D eigenvalue weighted by atomic mass is 16.6. The summed E-state index contributed by atoms with van der Waals surface area (Å²) >= 11 is 0. The van der Waals surface area contributed by atoms with Gasteiger partial charge in [0.05, 0.1) is 13.2 Å². The highest BCUT2D eigenvalue weighted by Crippen LogP contribution is 2.12. The van der Waals surface area contributed by atoms with E-state index in [0.717, 1.165) is 38.5 Å². The van der Waals surface area contributed by atoms with Gasteiger partial charge in [0.1, 0.15) is 6.10 Å². The summed E-state index contributed by atoms with van der Waals surface area (Å²) in [5, 5.41) is 9.57. The van der Waals surface area contributed by atoms with E-state index in [9.17, 15) is 9.90 Å². The minimum Gasteiger partial charge on any atom is -0.457 e. The summed E-state index contributed by atoms with van der Waals surface area (Å²) in [5.74, 6) is -0.215. The van der Waals surface area contributed by atoms with Crippen LogP contribution in [0.4, 0.5) is 0 Å². The van der Waals surface area contributed by atoms with E-state index in [-0.39, 0.29) is 19.2 Å². The molecule has 0 aromatic rings. The van der Waals surface area contributed by atoms with E-state index in [1.54, 1.807) is 0 Å². The van der Waals surface area contributed by atoms with Crippen molar-refractivity contribution in [2.24, 2.45) is 0 Å². The van der Waals surface area contributed by atoms with E-state index in [1.807, 2.05) is 0 Å². The molecule has 0 aromatic heterocycles. The predicted molar refractivity (Wildman–Crippen MR) is 196 cm³/mol. The Bertz CT molecular complexity index is 668. The van der Waals surface area contributed by atoms with Gasteiger partial charge in [-0.25, -0.2) is 0 Å². The van der Waals surface area contributed by atoms with Gasteiger partial charge in [-0.15, -0.1) is 0 Å². The molecule has 0 amide bonds. The zero-order valence-electron chi connectivity index (χ0n) is 30.1. The highest BCUT2D eigenvalue weighted by molar-refractivity contribution is 5.69. The Labute approximate surface area is 280 Å². The SMILES string of the molecule is CCCCC/C=C\C/C=C\CCCCCCCC(=O)OC(CO)COCCCCCCCCCC/C=C\CCCCCCCC. The van der Waals surface area contributed by atoms with Crippen molar-refractivity contribution in [1.82, 2.24) is 0 Å². The molecule has 0 bridgehead atoms. The molecule has 0 aliphatic rings. The van der Waals surface area contributed by atoms with Crippen LogP contribution < -0.4 is 0 Å². The molecule has 0 saturated carbocycles. The van der Waals surface area contributed by atoms with E-state index >= 15 is 0 Å². The first-order valence-corrected chi connectivity index (χ1v) is 19.6. The highest BCUT2D eigenvalue weighted by Gasteiger charge is 2.13. The van der Waals surface area contributed by atoms with E-state index in [4.69, 9.17) is 9.47 Å². The van der Waals surface area contributed by atoms with Gasteiger partial charge in [0.25, 0.3) is 0 Å². The van der Waals surface area contributed by atoms with Gasteiger partial charge >= 0.3 is 5.97 Å². The van der Waals surface area contributed by atoms with Gasteiger partial charge in [-0.2, -0.15) is 0 Å². The van der Waals surface area contributed by atoms with Crippen LogP contribution in [0.15, 0.2) is 36.5 Å². The lowest BCUT2D eigenvalue weighted by molar-refractivity contribution is -0.154. The standard InChI is InChI=1S/C41H76O4/c1-3-5-7-9-11-13-15-17-19-20-21-23-25-27-29-31-33-35-37-44-39-40(38-42)45-41(43)36-34-32-30-28-26-24-22-18-16-14-12-10-8-6-4-2/h12,14,17-19,22,40,42H,3-11,13,15-16,20-21,23-39H2,1-2H3/b14-12-,19-17-,22-18-. The molecule has 0 radical (unpaired) electrons. The molecule has 0 aromatic carbocycles. The first-order chi connectivity index (χ1) is 22.2. The molecule has 4 heteroatoms. The van der Waals surface area contributed by atoms with Crippen molar-refractivity contribution in [3.63, 3.8) is 0 Å². The smallest absolute Gasteiger partial charge is 0.306 e. The Kier molecular flexibility index (Phi) is 37.6. The minimum absolute atomic E-state index is 0.178. The van der Waals surface area contributed by atoms with Crippen molar-refractivity contribution in [2.45, 2.75) is 200 Å². The number of allylic oxidation sites excluding steroid dienone is 6. The van der Waals surface area contributed by atoms with Crippen molar-refractivity contribution >= 4 is 5.97 Å². The van der Waals surface area contributed by atoms with Crippen molar-refractivity contribution in [3.8, 4) is 0 Å². The molecule has 0 rings (SSSR count). The molecule has 264 valence electrons. The summed E-state index contributed by atoms with van der Waals surface area (Å²) in [6, 6.07) is 0. The number of carbonyl (C=O) groups excluding carboxylic acids is 1. The zero-order chi connectivity index (χ0) is 32.7. The number of esters is 1. The maximum absolute atomic E-state index is 12.1. The molecule has 1 unspecified atom stereocenters. The Hall–Kier alpha value is -1.39. The van der Waals surface area contributed by atoms with Crippen LogP contribution in [-0.4, -0.2) is 37.0 Å². The van der Waals surface area contributed by atoms with Crippen LogP contribution in [0.2, 0.25) is 0 Å². The van der Waals surface area contributed by atoms with Crippen molar-refractivity contribution < 1.29 is 19.4 Å². The molecule has 0 saturated heterocycles. The monoisotopic (exact) mass is 633 g/mol. The van der Waals surface area contributed by atoms with Gasteiger partial charge in [-0.05, 0) is 70.6 Å². The fourth-order valence-corrected chi connectivity index (χ4v) is 5.47. The summed E-state index contributed by atoms with van der Waals surface area (Å²) in [6.07, 6.45) is 47.6. The fraction of sp³-hybridized carbons (Fsp3) is 0.829. The predicted octanol–water partition coefficient (Wildman–Crippen LogP) is 12.5. The Morgan fingerprint density at radius 1 is 0.533 bits per heavy atom. The molecule has 0 spiro atoms. The second-order valence-corrected chi connectivity index (χ2v) is 13.0. The topological polar surface area (TPSA) is 55.8 Å². The normalized spacial score (nSPS) is 12.7. The van der Waals surface area contributed by atoms with Crippen LogP contribution in [0.5, 0.6) is 0 Å². The quantitative estimate of drug-likeness (QED) is 0.0424. The molecule has 0 aliphatic heterocycles. The van der Waals surface area contributed by atoms with Gasteiger partial charge in [-0.3, -0.25) is 4.79 Å². The van der Waals surface area contributed by atoms with Gasteiger partial charge in [-0.1, -0.05) is 153 Å². The molecular weight excluding hydrogens is 556 g/mol. The van der Waals surface area contributed by atoms with Gasteiger partial charge in [0.15, 0.2) is 0 Å². The summed E-state index contributed by atoms with van der Waals surface area (Å²) in [5.41, 5.74) is 0. The van der Waals surface area contributed by atoms with Crippen molar-refractivity contribution in [3.05, 3.63) is 36.5 Å². The molecule has 1 N–H and O–H groups in total. The average Bonchev–Trinajstić information content (AvgIpc) is 3.05. The molecule has 1 atom stereocenters. The Morgan fingerprint density at radius 3 is 1.44 bits per heavy atom. The molecule has 4 nitrogen and oxygen atoms in total. The summed E-state index contributed by atoms with van der Waals surface area (Å²) in [7, 11) is 0. The number of aliphatic hydroxyl groups excluding tert-OH is 1.